The van der Waals surface area contributed by atoms with Crippen LogP contribution in [0, 0.1) is 11.8 Å². The van der Waals surface area contributed by atoms with Crippen molar-refractivity contribution in [2.24, 2.45) is 11.8 Å². The fraction of sp³-hybridized carbons (Fsp3) is 0.857. The van der Waals surface area contributed by atoms with E-state index in [-0.39, 0.29) is 6.61 Å². The molecule has 100 valence electrons. The lowest BCUT2D eigenvalue weighted by atomic mass is 9.78. The maximum absolute atomic E-state index is 8.59. The highest BCUT2D eigenvalue weighted by atomic mass is 16.5. The maximum atomic E-state index is 8.59. The minimum atomic E-state index is 0.0782. The van der Waals surface area contributed by atoms with Gasteiger partial charge in [-0.05, 0) is 32.1 Å². The molecular formula is C14H26O3. The fourth-order valence-corrected chi connectivity index (χ4v) is 2.50. The molecule has 1 saturated carbocycles. The van der Waals surface area contributed by atoms with Crippen molar-refractivity contribution in [3.8, 4) is 0 Å². The molecule has 0 spiro atoms. The van der Waals surface area contributed by atoms with E-state index in [2.05, 4.69) is 20.4 Å². The van der Waals surface area contributed by atoms with Crippen molar-refractivity contribution in [2.75, 3.05) is 26.4 Å². The van der Waals surface area contributed by atoms with Crippen LogP contribution < -0.4 is 0 Å². The second kappa shape index (κ2) is 7.85. The van der Waals surface area contributed by atoms with E-state index in [1.54, 1.807) is 0 Å². The molecule has 0 aromatic carbocycles. The van der Waals surface area contributed by atoms with Crippen LogP contribution in [0.1, 0.15) is 33.1 Å². The van der Waals surface area contributed by atoms with Gasteiger partial charge in [-0.15, -0.1) is 0 Å². The van der Waals surface area contributed by atoms with Crippen molar-refractivity contribution in [3.63, 3.8) is 0 Å². The van der Waals surface area contributed by atoms with Crippen LogP contribution in [0.5, 0.6) is 0 Å². The second-order valence-electron chi connectivity index (χ2n) is 5.12. The summed E-state index contributed by atoms with van der Waals surface area (Å²) in [6.45, 7) is 10.1. The summed E-state index contributed by atoms with van der Waals surface area (Å²) < 4.78 is 11.1. The first-order valence-electron chi connectivity index (χ1n) is 6.60. The normalized spacial score (nSPS) is 29.2. The largest absolute Gasteiger partial charge is 0.394 e. The number of aliphatic hydroxyl groups excluding tert-OH is 1. The average Bonchev–Trinajstić information content (AvgIpc) is 2.28. The SMILES string of the molecule is C=C(C)C1CCC(C)CC1OCCOCCO. The molecule has 0 saturated heterocycles. The molecule has 1 fully saturated rings. The maximum Gasteiger partial charge on any atom is 0.0704 e. The van der Waals surface area contributed by atoms with E-state index in [0.717, 1.165) is 12.3 Å². The van der Waals surface area contributed by atoms with Gasteiger partial charge in [-0.25, -0.2) is 0 Å². The average molecular weight is 242 g/mol. The van der Waals surface area contributed by atoms with Crippen LogP contribution in [-0.4, -0.2) is 37.6 Å². The molecular weight excluding hydrogens is 216 g/mol. The Balaban J connectivity index is 2.28. The third-order valence-corrected chi connectivity index (χ3v) is 3.48. The number of hydrogen-bond donors (Lipinski definition) is 1. The highest BCUT2D eigenvalue weighted by molar-refractivity contribution is 5.02. The summed E-state index contributed by atoms with van der Waals surface area (Å²) in [6.07, 6.45) is 3.89. The Morgan fingerprint density at radius 2 is 2.06 bits per heavy atom. The van der Waals surface area contributed by atoms with Gasteiger partial charge in [-0.2, -0.15) is 0 Å². The van der Waals surface area contributed by atoms with Crippen molar-refractivity contribution < 1.29 is 14.6 Å². The number of ether oxygens (including phenoxy) is 2. The summed E-state index contributed by atoms with van der Waals surface area (Å²) in [5, 5.41) is 8.59. The lowest BCUT2D eigenvalue weighted by Crippen LogP contribution is -2.32. The van der Waals surface area contributed by atoms with Crippen LogP contribution in [0.4, 0.5) is 0 Å². The quantitative estimate of drug-likeness (QED) is 0.550. The second-order valence-corrected chi connectivity index (χ2v) is 5.12. The minimum absolute atomic E-state index is 0.0782. The Kier molecular flexibility index (Phi) is 6.78. The molecule has 0 amide bonds. The first kappa shape index (κ1) is 14.7. The molecule has 1 aliphatic carbocycles. The van der Waals surface area contributed by atoms with Crippen LogP contribution in [0.15, 0.2) is 12.2 Å². The van der Waals surface area contributed by atoms with E-state index >= 15 is 0 Å². The summed E-state index contributed by atoms with van der Waals surface area (Å²) >= 11 is 0. The number of hydrogen-bond acceptors (Lipinski definition) is 3. The Bertz CT molecular complexity index is 228. The van der Waals surface area contributed by atoms with Gasteiger partial charge >= 0.3 is 0 Å². The molecule has 0 bridgehead atoms. The highest BCUT2D eigenvalue weighted by Crippen LogP contribution is 2.34. The molecule has 0 radical (unpaired) electrons. The van der Waals surface area contributed by atoms with Gasteiger partial charge < -0.3 is 14.6 Å². The molecule has 17 heavy (non-hydrogen) atoms. The molecule has 3 heteroatoms. The number of rotatable bonds is 7. The van der Waals surface area contributed by atoms with Gasteiger partial charge in [0, 0.05) is 5.92 Å². The van der Waals surface area contributed by atoms with Crippen molar-refractivity contribution >= 4 is 0 Å². The van der Waals surface area contributed by atoms with Crippen LogP contribution in [0.3, 0.4) is 0 Å². The fourth-order valence-electron chi connectivity index (χ4n) is 2.50. The number of aliphatic hydroxyl groups is 1. The van der Waals surface area contributed by atoms with Gasteiger partial charge in [-0.1, -0.05) is 19.1 Å². The van der Waals surface area contributed by atoms with Gasteiger partial charge in [0.15, 0.2) is 0 Å². The summed E-state index contributed by atoms with van der Waals surface area (Å²) in [4.78, 5) is 0. The van der Waals surface area contributed by atoms with Crippen LogP contribution in [-0.2, 0) is 9.47 Å². The Morgan fingerprint density at radius 1 is 1.29 bits per heavy atom. The molecule has 0 aromatic heterocycles. The first-order valence-corrected chi connectivity index (χ1v) is 6.60. The van der Waals surface area contributed by atoms with Gasteiger partial charge in [0.05, 0.1) is 32.5 Å². The van der Waals surface area contributed by atoms with Crippen molar-refractivity contribution in [1.82, 2.24) is 0 Å². The smallest absolute Gasteiger partial charge is 0.0704 e. The molecule has 0 aromatic rings. The predicted molar refractivity (Wildman–Crippen MR) is 69.0 cm³/mol. The van der Waals surface area contributed by atoms with Crippen molar-refractivity contribution in [3.05, 3.63) is 12.2 Å². The van der Waals surface area contributed by atoms with Gasteiger partial charge in [-0.3, -0.25) is 0 Å². The van der Waals surface area contributed by atoms with Gasteiger partial charge in [0.1, 0.15) is 0 Å². The molecule has 1 aliphatic rings. The minimum Gasteiger partial charge on any atom is -0.394 e. The Labute approximate surface area is 105 Å². The first-order chi connectivity index (χ1) is 8.15. The summed E-state index contributed by atoms with van der Waals surface area (Å²) in [7, 11) is 0. The van der Waals surface area contributed by atoms with E-state index < -0.39 is 0 Å². The van der Waals surface area contributed by atoms with E-state index in [9.17, 15) is 0 Å². The molecule has 1 N–H and O–H groups in total. The topological polar surface area (TPSA) is 38.7 Å². The van der Waals surface area contributed by atoms with Gasteiger partial charge in [0.25, 0.3) is 0 Å². The van der Waals surface area contributed by atoms with E-state index in [4.69, 9.17) is 14.6 Å². The van der Waals surface area contributed by atoms with Gasteiger partial charge in [0.2, 0.25) is 0 Å². The zero-order valence-electron chi connectivity index (χ0n) is 11.2. The monoisotopic (exact) mass is 242 g/mol. The summed E-state index contributed by atoms with van der Waals surface area (Å²) in [6, 6.07) is 0. The summed E-state index contributed by atoms with van der Waals surface area (Å²) in [5.74, 6) is 1.25. The lowest BCUT2D eigenvalue weighted by molar-refractivity contribution is -0.0414. The Hall–Kier alpha value is -0.380. The zero-order valence-corrected chi connectivity index (χ0v) is 11.2. The highest BCUT2D eigenvalue weighted by Gasteiger charge is 2.29. The molecule has 3 nitrogen and oxygen atoms in total. The third-order valence-electron chi connectivity index (χ3n) is 3.48. The van der Waals surface area contributed by atoms with Crippen LogP contribution in [0.25, 0.3) is 0 Å². The van der Waals surface area contributed by atoms with E-state index in [0.29, 0.717) is 31.8 Å². The molecule has 0 aliphatic heterocycles. The molecule has 1 rings (SSSR count). The van der Waals surface area contributed by atoms with E-state index in [1.807, 2.05) is 0 Å². The van der Waals surface area contributed by atoms with E-state index in [1.165, 1.54) is 18.4 Å². The van der Waals surface area contributed by atoms with Crippen molar-refractivity contribution in [2.45, 2.75) is 39.2 Å². The van der Waals surface area contributed by atoms with Crippen LogP contribution >= 0.6 is 0 Å². The standard InChI is InChI=1S/C14H26O3/c1-11(2)13-5-4-12(3)10-14(13)17-9-8-16-7-6-15/h12-15H,1,4-10H2,2-3H3. The molecule has 0 heterocycles. The molecule has 3 atom stereocenters. The Morgan fingerprint density at radius 3 is 2.71 bits per heavy atom. The third kappa shape index (κ3) is 5.19. The van der Waals surface area contributed by atoms with Crippen LogP contribution in [0.2, 0.25) is 0 Å². The summed E-state index contributed by atoms with van der Waals surface area (Å²) in [5.41, 5.74) is 1.23. The predicted octanol–water partition coefficient (Wildman–Crippen LogP) is 2.39. The lowest BCUT2D eigenvalue weighted by Gasteiger charge is -2.35. The zero-order chi connectivity index (χ0) is 12.7. The van der Waals surface area contributed by atoms with Crippen molar-refractivity contribution in [1.29, 1.82) is 0 Å². The molecule has 3 unspecified atom stereocenters.